The van der Waals surface area contributed by atoms with Gasteiger partial charge in [-0.1, -0.05) is 17.8 Å². The van der Waals surface area contributed by atoms with Gasteiger partial charge >= 0.3 is 0 Å². The summed E-state index contributed by atoms with van der Waals surface area (Å²) in [4.78, 5) is 19.0. The van der Waals surface area contributed by atoms with Crippen molar-refractivity contribution in [3.63, 3.8) is 0 Å². The molecule has 0 saturated carbocycles. The van der Waals surface area contributed by atoms with E-state index in [-0.39, 0.29) is 23.6 Å². The van der Waals surface area contributed by atoms with Crippen LogP contribution in [0.15, 0.2) is 122 Å². The van der Waals surface area contributed by atoms with Gasteiger partial charge in [0.25, 0.3) is 5.69 Å². The summed E-state index contributed by atoms with van der Waals surface area (Å²) in [5.74, 6) is 0.928. The van der Waals surface area contributed by atoms with Crippen LogP contribution in [0.2, 0.25) is 0 Å². The van der Waals surface area contributed by atoms with Crippen LogP contribution in [0.5, 0.6) is 0 Å². The van der Waals surface area contributed by atoms with Crippen molar-refractivity contribution >= 4 is 56.4 Å². The molecule has 1 aliphatic rings. The summed E-state index contributed by atoms with van der Waals surface area (Å²) >= 11 is 10.8. The summed E-state index contributed by atoms with van der Waals surface area (Å²) < 4.78 is 20.7. The number of aromatic nitrogens is 1. The minimum Gasteiger partial charge on any atom is -0.459 e. The monoisotopic (exact) mass is 646 g/mol. The molecular weight excluding hydrogens is 627 g/mol. The zero-order valence-electron chi connectivity index (χ0n) is 21.1. The average Bonchev–Trinajstić information content (AvgIpc) is 3.59. The third kappa shape index (κ3) is 5.61. The number of pyridine rings is 1. The maximum atomic E-state index is 13.7. The van der Waals surface area contributed by atoms with E-state index >= 15 is 0 Å². The zero-order valence-corrected chi connectivity index (χ0v) is 24.3. The maximum Gasteiger partial charge on any atom is 0.269 e. The summed E-state index contributed by atoms with van der Waals surface area (Å²) in [5, 5.41) is 14.9. The highest BCUT2D eigenvalue weighted by atomic mass is 79.9. The van der Waals surface area contributed by atoms with E-state index < -0.39 is 4.92 Å². The van der Waals surface area contributed by atoms with Crippen molar-refractivity contribution in [2.24, 2.45) is 0 Å². The summed E-state index contributed by atoms with van der Waals surface area (Å²) in [6.07, 6.45) is 1.74. The molecule has 6 rings (SSSR count). The smallest absolute Gasteiger partial charge is 0.269 e. The number of halogens is 2. The molecule has 41 heavy (non-hydrogen) atoms. The minimum atomic E-state index is -0.411. The molecule has 0 radical (unpaired) electrons. The van der Waals surface area contributed by atoms with Crippen LogP contribution in [0.1, 0.15) is 23.5 Å². The summed E-state index contributed by atoms with van der Waals surface area (Å²) in [6.45, 7) is 0. The van der Waals surface area contributed by atoms with Gasteiger partial charge in [0.1, 0.15) is 23.4 Å². The lowest BCUT2D eigenvalue weighted by Gasteiger charge is -2.26. The first kappa shape index (κ1) is 27.1. The first-order chi connectivity index (χ1) is 19.9. The van der Waals surface area contributed by atoms with Crippen LogP contribution in [-0.4, -0.2) is 15.0 Å². The van der Waals surface area contributed by atoms with Gasteiger partial charge in [0.05, 0.1) is 16.7 Å². The number of rotatable bonds is 7. The van der Waals surface area contributed by atoms with E-state index in [1.165, 1.54) is 36.0 Å². The number of furan rings is 1. The molecule has 3 aromatic carbocycles. The van der Waals surface area contributed by atoms with E-state index in [1.54, 1.807) is 24.4 Å². The van der Waals surface area contributed by atoms with Gasteiger partial charge in [-0.05, 0) is 107 Å². The van der Waals surface area contributed by atoms with Gasteiger partial charge in [-0.15, -0.1) is 0 Å². The van der Waals surface area contributed by atoms with Gasteiger partial charge in [0.2, 0.25) is 0 Å². The summed E-state index contributed by atoms with van der Waals surface area (Å²) in [5.41, 5.74) is 2.47. The molecule has 0 bridgehead atoms. The van der Waals surface area contributed by atoms with Crippen molar-refractivity contribution in [2.75, 3.05) is 4.90 Å². The summed E-state index contributed by atoms with van der Waals surface area (Å²) in [6, 6.07) is 27.8. The second-order valence-electron chi connectivity index (χ2n) is 9.17. The molecule has 1 fully saturated rings. The number of thiocarbonyl (C=S) groups is 1. The number of nitro groups is 1. The van der Waals surface area contributed by atoms with Crippen LogP contribution in [0, 0.1) is 15.9 Å². The average molecular weight is 648 g/mol. The maximum absolute atomic E-state index is 13.7. The predicted octanol–water partition coefficient (Wildman–Crippen LogP) is 8.48. The highest BCUT2D eigenvalue weighted by Crippen LogP contribution is 2.44. The van der Waals surface area contributed by atoms with Crippen LogP contribution < -0.4 is 10.2 Å². The fourth-order valence-electron chi connectivity index (χ4n) is 4.71. The number of nitrogens with zero attached hydrogens (tertiary/aromatic N) is 3. The number of anilines is 1. The second-order valence-corrected chi connectivity index (χ2v) is 11.6. The molecule has 0 spiro atoms. The fraction of sp³-hybridized carbons (Fsp3) is 0.0667. The molecule has 0 aliphatic carbocycles. The number of non-ortho nitro benzene ring substituents is 1. The Labute approximate surface area is 252 Å². The highest BCUT2D eigenvalue weighted by Gasteiger charge is 2.42. The molecular formula is C30H20BrFN4O3S2. The normalized spacial score (nSPS) is 16.5. The number of benzene rings is 3. The largest absolute Gasteiger partial charge is 0.459 e. The van der Waals surface area contributed by atoms with E-state index in [9.17, 15) is 14.5 Å². The molecule has 5 aromatic rings. The van der Waals surface area contributed by atoms with Crippen LogP contribution in [-0.2, 0) is 0 Å². The lowest BCUT2D eigenvalue weighted by molar-refractivity contribution is -0.384. The van der Waals surface area contributed by atoms with Crippen LogP contribution in [0.4, 0.5) is 15.8 Å². The topological polar surface area (TPSA) is 84.4 Å². The highest BCUT2D eigenvalue weighted by molar-refractivity contribution is 9.10. The molecule has 204 valence electrons. The van der Waals surface area contributed by atoms with Gasteiger partial charge in [-0.2, -0.15) is 0 Å². The third-order valence-corrected chi connectivity index (χ3v) is 8.60. The number of nitrogens with one attached hydrogen (secondary N) is 1. The molecule has 1 saturated heterocycles. The number of hydrogen-bond donors (Lipinski definition) is 1. The zero-order chi connectivity index (χ0) is 28.5. The summed E-state index contributed by atoms with van der Waals surface area (Å²) in [7, 11) is 0. The van der Waals surface area contributed by atoms with Crippen molar-refractivity contribution in [1.29, 1.82) is 0 Å². The van der Waals surface area contributed by atoms with Gasteiger partial charge in [-0.3, -0.25) is 15.1 Å². The Kier molecular flexibility index (Phi) is 7.57. The molecule has 2 atom stereocenters. The Morgan fingerprint density at radius 2 is 1.73 bits per heavy atom. The van der Waals surface area contributed by atoms with Crippen molar-refractivity contribution in [3.05, 3.63) is 135 Å². The molecule has 1 N–H and O–H groups in total. The second kappa shape index (κ2) is 11.4. The Balaban J connectivity index is 1.33. The first-order valence-electron chi connectivity index (χ1n) is 12.5. The number of hydrogen-bond acceptors (Lipinski definition) is 6. The molecule has 0 amide bonds. The molecule has 2 aromatic heterocycles. The Bertz CT molecular complexity index is 1730. The van der Waals surface area contributed by atoms with Crippen LogP contribution in [0.3, 0.4) is 0 Å². The van der Waals surface area contributed by atoms with Gasteiger partial charge in [-0.25, -0.2) is 4.39 Å². The predicted molar refractivity (Wildman–Crippen MR) is 163 cm³/mol. The molecule has 0 unspecified atom stereocenters. The van der Waals surface area contributed by atoms with Crippen molar-refractivity contribution in [3.8, 4) is 11.3 Å². The SMILES string of the molecule is O=[N+]([O-])c1ccc(Sc2ccc(N3C(=S)N[C@@H](c4ccccn4)[C@H]3c3ccc(-c4ccc(F)cc4Br)o3)cc2)cc1. The first-order valence-corrected chi connectivity index (χ1v) is 14.5. The van der Waals surface area contributed by atoms with Gasteiger partial charge in [0, 0.05) is 43.8 Å². The van der Waals surface area contributed by atoms with Crippen molar-refractivity contribution in [2.45, 2.75) is 21.9 Å². The van der Waals surface area contributed by atoms with Crippen LogP contribution in [0.25, 0.3) is 11.3 Å². The molecule has 1 aliphatic heterocycles. The number of nitro benzene ring substituents is 1. The van der Waals surface area contributed by atoms with E-state index in [1.807, 2.05) is 59.5 Å². The Hall–Kier alpha value is -4.06. The van der Waals surface area contributed by atoms with E-state index in [4.69, 9.17) is 16.6 Å². The van der Waals surface area contributed by atoms with Crippen molar-refractivity contribution in [1.82, 2.24) is 10.3 Å². The lowest BCUT2D eigenvalue weighted by atomic mass is 10.0. The Morgan fingerprint density at radius 3 is 2.39 bits per heavy atom. The van der Waals surface area contributed by atoms with Gasteiger partial charge in [0.15, 0.2) is 5.11 Å². The molecule has 7 nitrogen and oxygen atoms in total. The quantitative estimate of drug-likeness (QED) is 0.107. The van der Waals surface area contributed by atoms with Crippen molar-refractivity contribution < 1.29 is 13.7 Å². The van der Waals surface area contributed by atoms with E-state index in [0.717, 1.165) is 26.7 Å². The van der Waals surface area contributed by atoms with E-state index in [2.05, 4.69) is 26.2 Å². The standard InChI is InChI=1S/C30H20BrFN4O3S2/c31-24-17-18(32)4-13-23(24)26-14-15-27(39-26)29-28(25-3-1-2-16-33-25)34-30(40)35(29)19-5-9-21(10-6-19)41-22-11-7-20(8-12-22)36(37)38/h1-17,28-29H,(H,34,40)/t28-,29+/m0/s1. The van der Waals surface area contributed by atoms with Gasteiger partial charge < -0.3 is 14.6 Å². The molecule has 11 heteroatoms. The third-order valence-electron chi connectivity index (χ3n) is 6.61. The molecule has 3 heterocycles. The minimum absolute atomic E-state index is 0.0566. The fourth-order valence-corrected chi connectivity index (χ4v) is 6.42. The van der Waals surface area contributed by atoms with E-state index in [0.29, 0.717) is 21.1 Å². The van der Waals surface area contributed by atoms with Crippen LogP contribution >= 0.6 is 39.9 Å². The lowest BCUT2D eigenvalue weighted by Crippen LogP contribution is -2.29. The Morgan fingerprint density at radius 1 is 1.00 bits per heavy atom.